The first kappa shape index (κ1) is 19.3. The quantitative estimate of drug-likeness (QED) is 0.820. The molecule has 144 valence electrons. The van der Waals surface area contributed by atoms with Gasteiger partial charge in [0.05, 0.1) is 12.2 Å². The second-order valence-electron chi connectivity index (χ2n) is 7.89. The minimum Gasteiger partial charge on any atom is -0.373 e. The van der Waals surface area contributed by atoms with Gasteiger partial charge in [-0.1, -0.05) is 18.2 Å². The minimum absolute atomic E-state index is 0.139. The van der Waals surface area contributed by atoms with E-state index >= 15 is 0 Å². The molecule has 0 spiro atoms. The van der Waals surface area contributed by atoms with Crippen LogP contribution in [0.25, 0.3) is 0 Å². The first-order valence-corrected chi connectivity index (χ1v) is 10.1. The number of hydrogen-bond donors (Lipinski definition) is 2. The predicted molar refractivity (Wildman–Crippen MR) is 105 cm³/mol. The molecule has 2 fully saturated rings. The summed E-state index contributed by atoms with van der Waals surface area (Å²) in [7, 11) is 0. The number of ether oxygens (including phenoxy) is 1. The molecule has 0 aromatic heterocycles. The van der Waals surface area contributed by atoms with Gasteiger partial charge >= 0.3 is 0 Å². The van der Waals surface area contributed by atoms with Crippen molar-refractivity contribution in [1.82, 2.24) is 10.2 Å². The van der Waals surface area contributed by atoms with E-state index in [0.717, 1.165) is 44.8 Å². The number of para-hydroxylation sites is 1. The van der Waals surface area contributed by atoms with Crippen LogP contribution in [-0.4, -0.2) is 49.2 Å². The average Bonchev–Trinajstić information content (AvgIpc) is 2.62. The van der Waals surface area contributed by atoms with Crippen LogP contribution >= 0.6 is 0 Å². The van der Waals surface area contributed by atoms with Gasteiger partial charge < -0.3 is 15.4 Å². The summed E-state index contributed by atoms with van der Waals surface area (Å²) in [6, 6.07) is 8.18. The number of hydrogen-bond acceptors (Lipinski definition) is 4. The van der Waals surface area contributed by atoms with Gasteiger partial charge in [-0.3, -0.25) is 9.69 Å². The van der Waals surface area contributed by atoms with Crippen molar-refractivity contribution in [2.75, 3.05) is 31.5 Å². The summed E-state index contributed by atoms with van der Waals surface area (Å²) >= 11 is 0. The van der Waals surface area contributed by atoms with E-state index in [1.807, 2.05) is 18.2 Å². The number of carbonyl (C=O) groups is 1. The summed E-state index contributed by atoms with van der Waals surface area (Å²) in [5.41, 5.74) is 2.14. The van der Waals surface area contributed by atoms with Crippen LogP contribution in [0.15, 0.2) is 24.3 Å². The van der Waals surface area contributed by atoms with E-state index in [2.05, 4.69) is 35.4 Å². The number of amides is 1. The molecular weight excluding hydrogens is 326 g/mol. The van der Waals surface area contributed by atoms with Gasteiger partial charge in [-0.15, -0.1) is 0 Å². The second-order valence-corrected chi connectivity index (χ2v) is 7.89. The van der Waals surface area contributed by atoms with Crippen LogP contribution in [0.3, 0.4) is 0 Å². The Labute approximate surface area is 157 Å². The molecule has 2 unspecified atom stereocenters. The van der Waals surface area contributed by atoms with Gasteiger partial charge in [0.15, 0.2) is 0 Å². The maximum Gasteiger partial charge on any atom is 0.224 e. The van der Waals surface area contributed by atoms with Crippen LogP contribution in [0.2, 0.25) is 0 Å². The van der Waals surface area contributed by atoms with E-state index in [4.69, 9.17) is 4.74 Å². The smallest absolute Gasteiger partial charge is 0.224 e. The molecule has 2 heterocycles. The van der Waals surface area contributed by atoms with E-state index in [-0.39, 0.29) is 18.1 Å². The number of piperidine rings is 1. The Morgan fingerprint density at radius 3 is 2.62 bits per heavy atom. The Morgan fingerprint density at radius 1 is 1.19 bits per heavy atom. The van der Waals surface area contributed by atoms with Crippen LogP contribution in [0, 0.1) is 5.92 Å². The van der Waals surface area contributed by atoms with Crippen LogP contribution in [-0.2, 0) is 16.1 Å². The third kappa shape index (κ3) is 5.79. The van der Waals surface area contributed by atoms with Gasteiger partial charge in [-0.05, 0) is 63.7 Å². The molecule has 0 radical (unpaired) electrons. The molecule has 3 rings (SSSR count). The van der Waals surface area contributed by atoms with Crippen molar-refractivity contribution in [3.63, 3.8) is 0 Å². The molecule has 5 heteroatoms. The van der Waals surface area contributed by atoms with E-state index < -0.39 is 0 Å². The van der Waals surface area contributed by atoms with Crippen molar-refractivity contribution in [2.45, 2.75) is 58.3 Å². The Balaban J connectivity index is 1.53. The monoisotopic (exact) mass is 359 g/mol. The van der Waals surface area contributed by atoms with E-state index in [1.54, 1.807) is 0 Å². The molecule has 26 heavy (non-hydrogen) atoms. The highest BCUT2D eigenvalue weighted by atomic mass is 16.5. The van der Waals surface area contributed by atoms with Crippen molar-refractivity contribution in [3.8, 4) is 0 Å². The van der Waals surface area contributed by atoms with Crippen molar-refractivity contribution < 1.29 is 9.53 Å². The molecule has 1 aromatic carbocycles. The van der Waals surface area contributed by atoms with Gasteiger partial charge in [0, 0.05) is 31.7 Å². The Hall–Kier alpha value is -1.43. The third-order valence-electron chi connectivity index (χ3n) is 5.42. The summed E-state index contributed by atoms with van der Waals surface area (Å²) in [5, 5.41) is 6.53. The largest absolute Gasteiger partial charge is 0.373 e. The summed E-state index contributed by atoms with van der Waals surface area (Å²) in [6.07, 6.45) is 4.50. The minimum atomic E-state index is 0.139. The van der Waals surface area contributed by atoms with Gasteiger partial charge in [0.2, 0.25) is 5.91 Å². The lowest BCUT2D eigenvalue weighted by Gasteiger charge is -2.35. The third-order valence-corrected chi connectivity index (χ3v) is 5.42. The normalized spacial score (nSPS) is 25.2. The highest BCUT2D eigenvalue weighted by Gasteiger charge is 2.23. The van der Waals surface area contributed by atoms with Crippen LogP contribution in [0.4, 0.5) is 5.69 Å². The number of morpholine rings is 1. The van der Waals surface area contributed by atoms with Crippen molar-refractivity contribution in [3.05, 3.63) is 29.8 Å². The molecule has 0 aliphatic carbocycles. The van der Waals surface area contributed by atoms with E-state index in [0.29, 0.717) is 12.3 Å². The van der Waals surface area contributed by atoms with Crippen molar-refractivity contribution >= 4 is 11.6 Å². The predicted octanol–water partition coefficient (Wildman–Crippen LogP) is 3.01. The summed E-state index contributed by atoms with van der Waals surface area (Å²) in [6.45, 7) is 9.14. The first-order chi connectivity index (χ1) is 12.6. The lowest BCUT2D eigenvalue weighted by Crippen LogP contribution is -2.44. The molecular formula is C21H33N3O2. The van der Waals surface area contributed by atoms with Gasteiger partial charge in [-0.2, -0.15) is 0 Å². The fourth-order valence-corrected chi connectivity index (χ4v) is 4.15. The van der Waals surface area contributed by atoms with Crippen LogP contribution in [0.5, 0.6) is 0 Å². The number of nitrogens with one attached hydrogen (secondary N) is 2. The Kier molecular flexibility index (Phi) is 7.06. The Bertz CT molecular complexity index is 576. The molecule has 2 saturated heterocycles. The zero-order chi connectivity index (χ0) is 18.4. The topological polar surface area (TPSA) is 53.6 Å². The zero-order valence-electron chi connectivity index (χ0n) is 16.2. The molecule has 2 atom stereocenters. The molecule has 5 nitrogen and oxygen atoms in total. The standard InChI is InChI=1S/C21H33N3O2/c1-16-13-24(14-17(2)26-16)15-19-5-3-4-6-20(19)23-21(25)8-7-18-9-11-22-12-10-18/h3-6,16-18,22H,7-15H2,1-2H3,(H,23,25). The lowest BCUT2D eigenvalue weighted by molar-refractivity contribution is -0.116. The lowest BCUT2D eigenvalue weighted by atomic mass is 9.93. The first-order valence-electron chi connectivity index (χ1n) is 10.1. The molecule has 2 aliphatic heterocycles. The number of anilines is 1. The second kappa shape index (κ2) is 9.49. The molecule has 2 N–H and O–H groups in total. The Morgan fingerprint density at radius 2 is 1.88 bits per heavy atom. The van der Waals surface area contributed by atoms with E-state index in [9.17, 15) is 4.79 Å². The average molecular weight is 360 g/mol. The van der Waals surface area contributed by atoms with E-state index in [1.165, 1.54) is 18.4 Å². The summed E-state index contributed by atoms with van der Waals surface area (Å²) in [5.74, 6) is 0.827. The SMILES string of the molecule is CC1CN(Cc2ccccc2NC(=O)CCC2CCNCC2)CC(C)O1. The maximum absolute atomic E-state index is 12.4. The molecule has 2 aliphatic rings. The molecule has 1 aromatic rings. The summed E-state index contributed by atoms with van der Waals surface area (Å²) < 4.78 is 5.82. The molecule has 1 amide bonds. The fraction of sp³-hybridized carbons (Fsp3) is 0.667. The zero-order valence-corrected chi connectivity index (χ0v) is 16.2. The highest BCUT2D eigenvalue weighted by Crippen LogP contribution is 2.22. The molecule has 0 saturated carbocycles. The number of carbonyl (C=O) groups excluding carboxylic acids is 1. The maximum atomic E-state index is 12.4. The number of benzene rings is 1. The van der Waals surface area contributed by atoms with Gasteiger partial charge in [-0.25, -0.2) is 0 Å². The highest BCUT2D eigenvalue weighted by molar-refractivity contribution is 5.91. The molecule has 0 bridgehead atoms. The number of nitrogens with zero attached hydrogens (tertiary/aromatic N) is 1. The van der Waals surface area contributed by atoms with Gasteiger partial charge in [0.25, 0.3) is 0 Å². The van der Waals surface area contributed by atoms with Crippen molar-refractivity contribution in [1.29, 1.82) is 0 Å². The van der Waals surface area contributed by atoms with Crippen LogP contribution < -0.4 is 10.6 Å². The summed E-state index contributed by atoms with van der Waals surface area (Å²) in [4.78, 5) is 14.9. The van der Waals surface area contributed by atoms with Gasteiger partial charge in [0.1, 0.15) is 0 Å². The van der Waals surface area contributed by atoms with Crippen molar-refractivity contribution in [2.24, 2.45) is 5.92 Å². The number of rotatable bonds is 6. The van der Waals surface area contributed by atoms with Crippen LogP contribution in [0.1, 0.15) is 45.1 Å². The fourth-order valence-electron chi connectivity index (χ4n) is 4.15.